The van der Waals surface area contributed by atoms with E-state index in [1.165, 1.54) is 24.3 Å². The van der Waals surface area contributed by atoms with Gasteiger partial charge in [-0.2, -0.15) is 13.9 Å². The van der Waals surface area contributed by atoms with Gasteiger partial charge in [-0.25, -0.2) is 19.0 Å². The first kappa shape index (κ1) is 22.1. The van der Waals surface area contributed by atoms with Crippen LogP contribution in [0.4, 0.5) is 24.8 Å². The van der Waals surface area contributed by atoms with Gasteiger partial charge in [0.15, 0.2) is 5.82 Å². The number of nitrogen functional groups attached to an aromatic ring is 1. The van der Waals surface area contributed by atoms with E-state index in [0.29, 0.717) is 12.0 Å². The van der Waals surface area contributed by atoms with Gasteiger partial charge < -0.3 is 15.8 Å². The van der Waals surface area contributed by atoms with Gasteiger partial charge in [0.1, 0.15) is 23.1 Å². The Bertz CT molecular complexity index is 1090. The van der Waals surface area contributed by atoms with Crippen LogP contribution in [-0.4, -0.2) is 32.3 Å². The fraction of sp³-hybridized carbons (Fsp3) is 0.300. The van der Waals surface area contributed by atoms with Crippen molar-refractivity contribution in [3.63, 3.8) is 0 Å². The third-order valence-corrected chi connectivity index (χ3v) is 4.43. The molecular formula is C20H21F3N6O2. The fourth-order valence-corrected chi connectivity index (χ4v) is 2.88. The van der Waals surface area contributed by atoms with E-state index in [9.17, 15) is 18.0 Å². The summed E-state index contributed by atoms with van der Waals surface area (Å²) in [6.07, 6.45) is 0.693. The van der Waals surface area contributed by atoms with E-state index in [2.05, 4.69) is 25.1 Å². The second kappa shape index (κ2) is 9.45. The van der Waals surface area contributed by atoms with Crippen LogP contribution >= 0.6 is 0 Å². The van der Waals surface area contributed by atoms with Gasteiger partial charge in [-0.1, -0.05) is 32.0 Å². The van der Waals surface area contributed by atoms with Crippen molar-refractivity contribution in [2.24, 2.45) is 0 Å². The van der Waals surface area contributed by atoms with Crippen molar-refractivity contribution in [2.45, 2.75) is 39.8 Å². The average Bonchev–Trinajstić information content (AvgIpc) is 3.11. The summed E-state index contributed by atoms with van der Waals surface area (Å²) in [6, 6.07) is 7.10. The molecule has 1 aromatic carbocycles. The van der Waals surface area contributed by atoms with E-state index < -0.39 is 12.4 Å². The summed E-state index contributed by atoms with van der Waals surface area (Å²) in [5.41, 5.74) is 6.87. The molecule has 0 unspecified atom stereocenters. The third kappa shape index (κ3) is 5.11. The molecule has 0 bridgehead atoms. The summed E-state index contributed by atoms with van der Waals surface area (Å²) in [7, 11) is 0. The number of benzene rings is 1. The number of halogens is 3. The molecule has 2 aromatic heterocycles. The summed E-state index contributed by atoms with van der Waals surface area (Å²) < 4.78 is 45.5. The van der Waals surface area contributed by atoms with Crippen LogP contribution in [0.3, 0.4) is 0 Å². The van der Waals surface area contributed by atoms with Gasteiger partial charge in [-0.15, -0.1) is 0 Å². The van der Waals surface area contributed by atoms with Gasteiger partial charge >= 0.3 is 6.61 Å². The molecular weight excluding hydrogens is 413 g/mol. The molecule has 3 aromatic rings. The van der Waals surface area contributed by atoms with Crippen molar-refractivity contribution in [3.05, 3.63) is 47.3 Å². The average molecular weight is 434 g/mol. The highest BCUT2D eigenvalue weighted by Crippen LogP contribution is 2.28. The number of carbonyl (C=O) groups is 1. The molecule has 3 N–H and O–H groups in total. The predicted octanol–water partition coefficient (Wildman–Crippen LogP) is 3.62. The van der Waals surface area contributed by atoms with Gasteiger partial charge in [0.25, 0.3) is 0 Å². The molecule has 164 valence electrons. The number of nitrogens with zero attached hydrogens (tertiary/aromatic N) is 4. The normalized spacial score (nSPS) is 11.0. The number of nitrogens with one attached hydrogen (secondary N) is 1. The fourth-order valence-electron chi connectivity index (χ4n) is 2.88. The molecule has 0 aliphatic rings. The Morgan fingerprint density at radius 2 is 2.00 bits per heavy atom. The lowest BCUT2D eigenvalue weighted by Gasteiger charge is -2.11. The van der Waals surface area contributed by atoms with E-state index in [-0.39, 0.29) is 53.5 Å². The molecule has 0 saturated carbocycles. The maximum atomic E-state index is 14.0. The lowest BCUT2D eigenvalue weighted by molar-refractivity contribution is -0.115. The molecule has 11 heteroatoms. The zero-order chi connectivity index (χ0) is 22.5. The van der Waals surface area contributed by atoms with Crippen molar-refractivity contribution in [1.29, 1.82) is 0 Å². The summed E-state index contributed by atoms with van der Waals surface area (Å²) in [6.45, 7) is 0.243. The highest BCUT2D eigenvalue weighted by molar-refractivity contribution is 5.91. The number of hydrogen-bond donors (Lipinski definition) is 2. The summed E-state index contributed by atoms with van der Waals surface area (Å²) >= 11 is 0. The molecule has 0 radical (unpaired) electrons. The van der Waals surface area contributed by atoms with Gasteiger partial charge in [0.2, 0.25) is 11.8 Å². The number of rotatable bonds is 8. The summed E-state index contributed by atoms with van der Waals surface area (Å²) in [5, 5.41) is 6.86. The van der Waals surface area contributed by atoms with Crippen LogP contribution in [0, 0.1) is 5.82 Å². The molecule has 0 atom stereocenters. The van der Waals surface area contributed by atoms with E-state index in [1.54, 1.807) is 13.0 Å². The number of ether oxygens (including phenoxy) is 1. The molecule has 0 spiro atoms. The van der Waals surface area contributed by atoms with Crippen molar-refractivity contribution in [2.75, 3.05) is 11.1 Å². The highest BCUT2D eigenvalue weighted by Gasteiger charge is 2.20. The predicted molar refractivity (Wildman–Crippen MR) is 108 cm³/mol. The zero-order valence-electron chi connectivity index (χ0n) is 16.9. The van der Waals surface area contributed by atoms with Crippen LogP contribution in [0.2, 0.25) is 0 Å². The monoisotopic (exact) mass is 434 g/mol. The number of anilines is 2. The highest BCUT2D eigenvalue weighted by atomic mass is 19.3. The molecule has 31 heavy (non-hydrogen) atoms. The topological polar surface area (TPSA) is 108 Å². The van der Waals surface area contributed by atoms with Crippen LogP contribution in [0.25, 0.3) is 11.5 Å². The van der Waals surface area contributed by atoms with Crippen LogP contribution in [0.5, 0.6) is 5.88 Å². The van der Waals surface area contributed by atoms with E-state index in [1.807, 2.05) is 6.92 Å². The zero-order valence-corrected chi connectivity index (χ0v) is 16.9. The quantitative estimate of drug-likeness (QED) is 0.561. The SMILES string of the molecule is CCC(=O)Nc1nc(-c2cc(OC(F)F)n(Cc3ccccc3F)n2)nc(N)c1CC. The lowest BCUT2D eigenvalue weighted by Crippen LogP contribution is -2.15. The van der Waals surface area contributed by atoms with E-state index in [4.69, 9.17) is 5.73 Å². The second-order valence-electron chi connectivity index (χ2n) is 6.51. The number of nitrogens with two attached hydrogens (primary N) is 1. The molecule has 0 fully saturated rings. The molecule has 8 nitrogen and oxygen atoms in total. The Morgan fingerprint density at radius 3 is 2.65 bits per heavy atom. The third-order valence-electron chi connectivity index (χ3n) is 4.43. The Morgan fingerprint density at radius 1 is 1.26 bits per heavy atom. The largest absolute Gasteiger partial charge is 0.417 e. The molecule has 3 rings (SSSR count). The van der Waals surface area contributed by atoms with Gasteiger partial charge in [-0.05, 0) is 12.5 Å². The number of hydrogen-bond acceptors (Lipinski definition) is 6. The number of aromatic nitrogens is 4. The van der Waals surface area contributed by atoms with Crippen LogP contribution < -0.4 is 15.8 Å². The van der Waals surface area contributed by atoms with Crippen molar-refractivity contribution in [1.82, 2.24) is 19.7 Å². The standard InChI is InChI=1S/C20H21F3N6O2/c1-3-12-17(24)26-19(27-18(12)25-15(30)4-2)14-9-16(31-20(22)23)29(28-14)10-11-7-5-6-8-13(11)21/h5-9,20H,3-4,10H2,1-2H3,(H3,24,25,26,27,30). The van der Waals surface area contributed by atoms with Crippen molar-refractivity contribution in [3.8, 4) is 17.4 Å². The molecule has 2 heterocycles. The van der Waals surface area contributed by atoms with Crippen LogP contribution in [0.15, 0.2) is 30.3 Å². The van der Waals surface area contributed by atoms with Gasteiger partial charge in [0, 0.05) is 23.6 Å². The summed E-state index contributed by atoms with van der Waals surface area (Å²) in [5.74, 6) is -0.734. The number of amides is 1. The van der Waals surface area contributed by atoms with Crippen molar-refractivity contribution < 1.29 is 22.7 Å². The van der Waals surface area contributed by atoms with Crippen LogP contribution in [0.1, 0.15) is 31.4 Å². The second-order valence-corrected chi connectivity index (χ2v) is 6.51. The molecule has 1 amide bonds. The Hall–Kier alpha value is -3.63. The lowest BCUT2D eigenvalue weighted by atomic mass is 10.2. The number of alkyl halides is 2. The molecule has 0 saturated heterocycles. The van der Waals surface area contributed by atoms with Crippen LogP contribution in [-0.2, 0) is 17.8 Å². The molecule has 0 aliphatic carbocycles. The first-order valence-electron chi connectivity index (χ1n) is 9.55. The van der Waals surface area contributed by atoms with E-state index >= 15 is 0 Å². The van der Waals surface area contributed by atoms with E-state index in [0.717, 1.165) is 4.68 Å². The summed E-state index contributed by atoms with van der Waals surface area (Å²) in [4.78, 5) is 20.3. The smallest absolute Gasteiger partial charge is 0.388 e. The Balaban J connectivity index is 2.05. The minimum absolute atomic E-state index is 0.00695. The molecule has 0 aliphatic heterocycles. The minimum Gasteiger partial charge on any atom is -0.417 e. The Kier molecular flexibility index (Phi) is 6.73. The Labute approximate surface area is 176 Å². The van der Waals surface area contributed by atoms with Gasteiger partial charge in [0.05, 0.1) is 6.54 Å². The maximum absolute atomic E-state index is 14.0. The van der Waals surface area contributed by atoms with Crippen molar-refractivity contribution >= 4 is 17.5 Å². The first-order chi connectivity index (χ1) is 14.8. The van der Waals surface area contributed by atoms with Gasteiger partial charge in [-0.3, -0.25) is 4.79 Å². The number of carbonyl (C=O) groups excluding carboxylic acids is 1. The maximum Gasteiger partial charge on any atom is 0.388 e. The minimum atomic E-state index is -3.11. The first-order valence-corrected chi connectivity index (χ1v) is 9.55.